The molecule has 0 radical (unpaired) electrons. The zero-order valence-corrected chi connectivity index (χ0v) is 11.7. The van der Waals surface area contributed by atoms with Crippen LogP contribution in [-0.2, 0) is 20.0 Å². The molecule has 0 aliphatic carbocycles. The molecule has 1 aromatic carbocycles. The number of nitrogen functional groups attached to an aromatic ring is 1. The van der Waals surface area contributed by atoms with Gasteiger partial charge in [-0.1, -0.05) is 0 Å². The minimum absolute atomic E-state index is 0.0610. The third kappa shape index (κ3) is 3.05. The summed E-state index contributed by atoms with van der Waals surface area (Å²) < 4.78 is 51.6. The molecule has 0 heterocycles. The number of hydrogen-bond acceptors (Lipinski definition) is 6. The monoisotopic (exact) mass is 294 g/mol. The van der Waals surface area contributed by atoms with Crippen LogP contribution in [0.5, 0.6) is 5.75 Å². The third-order valence-electron chi connectivity index (χ3n) is 2.00. The van der Waals surface area contributed by atoms with Gasteiger partial charge in [-0.3, -0.25) is 0 Å². The van der Waals surface area contributed by atoms with Crippen LogP contribution in [-0.4, -0.2) is 36.5 Å². The average Bonchev–Trinajstić information content (AvgIpc) is 2.16. The fourth-order valence-corrected chi connectivity index (χ4v) is 4.43. The average molecular weight is 294 g/mol. The van der Waals surface area contributed by atoms with E-state index in [2.05, 4.69) is 0 Å². The summed E-state index contributed by atoms with van der Waals surface area (Å²) in [6, 6.07) is 4.01. The SMILES string of the molecule is COc1cc(N)ccc1N(S(C)(=O)=O)S(C)(=O)=O. The molecule has 1 aromatic rings. The molecule has 0 aliphatic rings. The lowest BCUT2D eigenvalue weighted by molar-refractivity contribution is 0.416. The number of ether oxygens (including phenoxy) is 1. The number of nitrogens with two attached hydrogens (primary N) is 1. The number of sulfonamides is 2. The lowest BCUT2D eigenvalue weighted by Gasteiger charge is -2.21. The first-order chi connectivity index (χ1) is 8.07. The number of anilines is 2. The predicted octanol–water partition coefficient (Wildman–Crippen LogP) is 0.00300. The van der Waals surface area contributed by atoms with Gasteiger partial charge in [-0.15, -0.1) is 0 Å². The van der Waals surface area contributed by atoms with Crippen LogP contribution in [0, 0.1) is 0 Å². The van der Waals surface area contributed by atoms with Gasteiger partial charge in [0.05, 0.1) is 19.6 Å². The van der Waals surface area contributed by atoms with E-state index in [4.69, 9.17) is 10.5 Å². The van der Waals surface area contributed by atoms with Crippen molar-refractivity contribution in [2.24, 2.45) is 0 Å². The van der Waals surface area contributed by atoms with E-state index in [1.54, 1.807) is 0 Å². The fraction of sp³-hybridized carbons (Fsp3) is 0.333. The van der Waals surface area contributed by atoms with E-state index in [1.807, 2.05) is 0 Å². The van der Waals surface area contributed by atoms with Crippen LogP contribution in [0.15, 0.2) is 18.2 Å². The van der Waals surface area contributed by atoms with Crippen molar-refractivity contribution < 1.29 is 21.6 Å². The molecule has 0 saturated heterocycles. The number of rotatable bonds is 4. The second-order valence-corrected chi connectivity index (χ2v) is 7.55. The van der Waals surface area contributed by atoms with Gasteiger partial charge in [0, 0.05) is 11.8 Å². The summed E-state index contributed by atoms with van der Waals surface area (Å²) in [5.74, 6) is 0.0610. The summed E-state index contributed by atoms with van der Waals surface area (Å²) in [6.07, 6.45) is 1.59. The highest BCUT2D eigenvalue weighted by atomic mass is 32.3. The molecule has 1 rings (SSSR count). The van der Waals surface area contributed by atoms with Crippen molar-refractivity contribution in [1.82, 2.24) is 0 Å². The minimum Gasteiger partial charge on any atom is -0.494 e. The maximum Gasteiger partial charge on any atom is 0.245 e. The molecule has 0 unspecified atom stereocenters. The van der Waals surface area contributed by atoms with Gasteiger partial charge < -0.3 is 10.5 Å². The zero-order valence-electron chi connectivity index (χ0n) is 10.1. The Bertz CT molecular complexity index is 620. The molecule has 0 atom stereocenters. The van der Waals surface area contributed by atoms with E-state index in [0.29, 0.717) is 9.40 Å². The molecule has 9 heteroatoms. The lowest BCUT2D eigenvalue weighted by Crippen LogP contribution is -2.35. The number of hydrogen-bond donors (Lipinski definition) is 1. The van der Waals surface area contributed by atoms with Gasteiger partial charge in [0.15, 0.2) is 0 Å². The van der Waals surface area contributed by atoms with Crippen LogP contribution in [0.1, 0.15) is 0 Å². The summed E-state index contributed by atoms with van der Waals surface area (Å²) in [4.78, 5) is 0. The van der Waals surface area contributed by atoms with Crippen LogP contribution >= 0.6 is 0 Å². The molecule has 2 N–H and O–H groups in total. The summed E-state index contributed by atoms with van der Waals surface area (Å²) in [7, 11) is -6.70. The second-order valence-electron chi connectivity index (χ2n) is 3.65. The Hall–Kier alpha value is -1.48. The van der Waals surface area contributed by atoms with Gasteiger partial charge in [-0.25, -0.2) is 16.8 Å². The smallest absolute Gasteiger partial charge is 0.245 e. The summed E-state index contributed by atoms with van der Waals surface area (Å²) in [5, 5.41) is 0. The van der Waals surface area contributed by atoms with Crippen LogP contribution in [0.2, 0.25) is 0 Å². The summed E-state index contributed by atoms with van der Waals surface area (Å²) in [6.45, 7) is 0. The van der Waals surface area contributed by atoms with Crippen molar-refractivity contribution in [3.8, 4) is 5.75 Å². The van der Waals surface area contributed by atoms with Crippen LogP contribution < -0.4 is 14.2 Å². The highest BCUT2D eigenvalue weighted by Gasteiger charge is 2.29. The van der Waals surface area contributed by atoms with Gasteiger partial charge in [0.1, 0.15) is 11.4 Å². The second kappa shape index (κ2) is 4.65. The Kier molecular flexibility index (Phi) is 3.77. The van der Waals surface area contributed by atoms with Crippen molar-refractivity contribution in [3.05, 3.63) is 18.2 Å². The Morgan fingerprint density at radius 3 is 2.00 bits per heavy atom. The topological polar surface area (TPSA) is 107 Å². The van der Waals surface area contributed by atoms with Gasteiger partial charge in [-0.2, -0.15) is 3.71 Å². The van der Waals surface area contributed by atoms with Crippen molar-refractivity contribution in [2.45, 2.75) is 0 Å². The molecule has 0 spiro atoms. The summed E-state index contributed by atoms with van der Waals surface area (Å²) in [5.41, 5.74) is 5.75. The maximum atomic E-state index is 11.6. The largest absolute Gasteiger partial charge is 0.494 e. The number of nitrogens with zero attached hydrogens (tertiary/aromatic N) is 1. The van der Waals surface area contributed by atoms with E-state index in [-0.39, 0.29) is 11.4 Å². The Morgan fingerprint density at radius 1 is 1.11 bits per heavy atom. The van der Waals surface area contributed by atoms with E-state index < -0.39 is 20.0 Å². The predicted molar refractivity (Wildman–Crippen MR) is 69.6 cm³/mol. The molecule has 0 amide bonds. The Morgan fingerprint density at radius 2 is 1.61 bits per heavy atom. The van der Waals surface area contributed by atoms with Crippen LogP contribution in [0.4, 0.5) is 11.4 Å². The van der Waals surface area contributed by atoms with Gasteiger partial charge in [-0.05, 0) is 12.1 Å². The van der Waals surface area contributed by atoms with E-state index in [0.717, 1.165) is 12.5 Å². The third-order valence-corrected chi connectivity index (χ3v) is 5.23. The molecule has 0 fully saturated rings. The van der Waals surface area contributed by atoms with Crippen molar-refractivity contribution in [1.29, 1.82) is 0 Å². The maximum absolute atomic E-state index is 11.6. The van der Waals surface area contributed by atoms with E-state index >= 15 is 0 Å². The first-order valence-electron chi connectivity index (χ1n) is 4.71. The molecule has 0 bridgehead atoms. The minimum atomic E-state index is -4.00. The molecule has 0 aromatic heterocycles. The summed E-state index contributed by atoms with van der Waals surface area (Å²) >= 11 is 0. The molecule has 102 valence electrons. The number of methoxy groups -OCH3 is 1. The van der Waals surface area contributed by atoms with Crippen molar-refractivity contribution >= 4 is 31.4 Å². The van der Waals surface area contributed by atoms with Crippen LogP contribution in [0.25, 0.3) is 0 Å². The van der Waals surface area contributed by atoms with Crippen molar-refractivity contribution in [2.75, 3.05) is 29.1 Å². The molecule has 18 heavy (non-hydrogen) atoms. The lowest BCUT2D eigenvalue weighted by atomic mass is 10.2. The first kappa shape index (κ1) is 14.6. The highest BCUT2D eigenvalue weighted by molar-refractivity contribution is 8.09. The molecule has 0 saturated carbocycles. The number of benzene rings is 1. The molecular weight excluding hydrogens is 280 g/mol. The van der Waals surface area contributed by atoms with Gasteiger partial charge >= 0.3 is 0 Å². The first-order valence-corrected chi connectivity index (χ1v) is 8.41. The van der Waals surface area contributed by atoms with E-state index in [1.165, 1.54) is 25.3 Å². The van der Waals surface area contributed by atoms with E-state index in [9.17, 15) is 16.8 Å². The normalized spacial score (nSPS) is 12.2. The molecule has 7 nitrogen and oxygen atoms in total. The molecular formula is C9H14N2O5S2. The van der Waals surface area contributed by atoms with Gasteiger partial charge in [0.25, 0.3) is 0 Å². The van der Waals surface area contributed by atoms with Crippen LogP contribution in [0.3, 0.4) is 0 Å². The fourth-order valence-electron chi connectivity index (χ4n) is 1.45. The Balaban J connectivity index is 3.60. The van der Waals surface area contributed by atoms with Gasteiger partial charge in [0.2, 0.25) is 20.0 Å². The molecule has 0 aliphatic heterocycles. The Labute approximate surface area is 106 Å². The quantitative estimate of drug-likeness (QED) is 0.783. The standard InChI is InChI=1S/C9H14N2O5S2/c1-16-9-6-7(10)4-5-8(9)11(17(2,12)13)18(3,14)15/h4-6H,10H2,1-3H3. The zero-order chi connectivity index (χ0) is 14.1. The highest BCUT2D eigenvalue weighted by Crippen LogP contribution is 2.33. The van der Waals surface area contributed by atoms with Crippen molar-refractivity contribution in [3.63, 3.8) is 0 Å².